The molecule has 0 spiro atoms. The second-order valence-electron chi connectivity index (χ2n) is 6.93. The van der Waals surface area contributed by atoms with Crippen LogP contribution < -0.4 is 10.6 Å². The number of ketones is 1. The van der Waals surface area contributed by atoms with Gasteiger partial charge in [0.15, 0.2) is 5.78 Å². The number of carbonyl (C=O) groups is 2. The topological polar surface area (TPSA) is 75.5 Å². The molecular weight excluding hydrogens is 385 g/mol. The van der Waals surface area contributed by atoms with E-state index in [1.54, 1.807) is 54.1 Å². The van der Waals surface area contributed by atoms with Gasteiger partial charge in [-0.05, 0) is 37.1 Å². The van der Waals surface area contributed by atoms with E-state index in [-0.39, 0.29) is 11.7 Å². The summed E-state index contributed by atoms with van der Waals surface area (Å²) in [7, 11) is 0. The van der Waals surface area contributed by atoms with Crippen LogP contribution in [0.3, 0.4) is 0 Å². The SMILES string of the molecule is O=C(NCC(F)(F)F)Nc1cccc(-c2cnc3cc(C(=O)C4CC4)ccn23)c1. The summed E-state index contributed by atoms with van der Waals surface area (Å²) in [5, 5.41) is 4.15. The molecule has 0 saturated heterocycles. The van der Waals surface area contributed by atoms with E-state index in [4.69, 9.17) is 0 Å². The second-order valence-corrected chi connectivity index (χ2v) is 6.93. The van der Waals surface area contributed by atoms with Gasteiger partial charge in [-0.2, -0.15) is 13.2 Å². The molecule has 3 aromatic rings. The Hall–Kier alpha value is -3.36. The van der Waals surface area contributed by atoms with Gasteiger partial charge < -0.3 is 10.6 Å². The summed E-state index contributed by atoms with van der Waals surface area (Å²) in [5.74, 6) is 0.256. The molecule has 0 bridgehead atoms. The van der Waals surface area contributed by atoms with Gasteiger partial charge in [-0.25, -0.2) is 9.78 Å². The first-order chi connectivity index (χ1) is 13.8. The number of benzene rings is 1. The number of hydrogen-bond donors (Lipinski definition) is 2. The number of carbonyl (C=O) groups excluding carboxylic acids is 2. The van der Waals surface area contributed by atoms with Crippen molar-refractivity contribution < 1.29 is 22.8 Å². The van der Waals surface area contributed by atoms with Crippen molar-refractivity contribution in [2.24, 2.45) is 5.92 Å². The van der Waals surface area contributed by atoms with Crippen LogP contribution in [0.5, 0.6) is 0 Å². The molecule has 1 aromatic carbocycles. The molecule has 1 aliphatic carbocycles. The lowest BCUT2D eigenvalue weighted by Crippen LogP contribution is -2.36. The molecule has 1 aliphatic rings. The van der Waals surface area contributed by atoms with Crippen molar-refractivity contribution in [3.63, 3.8) is 0 Å². The fraction of sp³-hybridized carbons (Fsp3) is 0.250. The van der Waals surface area contributed by atoms with Gasteiger partial charge in [-0.15, -0.1) is 0 Å². The van der Waals surface area contributed by atoms with Crippen molar-refractivity contribution in [3.8, 4) is 11.3 Å². The Morgan fingerprint density at radius 2 is 1.97 bits per heavy atom. The maximum atomic E-state index is 12.2. The zero-order chi connectivity index (χ0) is 20.6. The van der Waals surface area contributed by atoms with Crippen molar-refractivity contribution in [2.75, 3.05) is 11.9 Å². The molecule has 0 atom stereocenters. The standard InChI is InChI=1S/C20H17F3N4O2/c21-20(22,23)11-25-19(29)26-15-3-1-2-13(8-15)16-10-24-17-9-14(6-7-27(16)17)18(28)12-4-5-12/h1-3,6-10,12H,4-5,11H2,(H2,25,26,29). The van der Waals surface area contributed by atoms with Crippen LogP contribution in [-0.4, -0.2) is 33.9 Å². The lowest BCUT2D eigenvalue weighted by molar-refractivity contribution is -0.122. The van der Waals surface area contributed by atoms with Crippen molar-refractivity contribution in [1.82, 2.24) is 14.7 Å². The van der Waals surface area contributed by atoms with Crippen LogP contribution in [0.1, 0.15) is 23.2 Å². The fourth-order valence-electron chi connectivity index (χ4n) is 3.04. The van der Waals surface area contributed by atoms with Crippen LogP contribution in [0.25, 0.3) is 16.9 Å². The summed E-state index contributed by atoms with van der Waals surface area (Å²) >= 11 is 0. The number of nitrogens with zero attached hydrogens (tertiary/aromatic N) is 2. The third-order valence-electron chi connectivity index (χ3n) is 4.61. The number of fused-ring (bicyclic) bond motifs is 1. The minimum atomic E-state index is -4.48. The summed E-state index contributed by atoms with van der Waals surface area (Å²) in [5.41, 5.74) is 3.04. The Morgan fingerprint density at radius 1 is 1.17 bits per heavy atom. The molecular formula is C20H17F3N4O2. The Morgan fingerprint density at radius 3 is 2.69 bits per heavy atom. The highest BCUT2D eigenvalue weighted by Gasteiger charge is 2.30. The molecule has 150 valence electrons. The third-order valence-corrected chi connectivity index (χ3v) is 4.61. The maximum absolute atomic E-state index is 12.2. The lowest BCUT2D eigenvalue weighted by atomic mass is 10.1. The van der Waals surface area contributed by atoms with Crippen LogP contribution in [0.2, 0.25) is 0 Å². The van der Waals surface area contributed by atoms with Crippen LogP contribution >= 0.6 is 0 Å². The normalized spacial score (nSPS) is 14.0. The summed E-state index contributed by atoms with van der Waals surface area (Å²) in [6.45, 7) is -1.41. The van der Waals surface area contributed by atoms with E-state index in [1.807, 2.05) is 4.40 Å². The van der Waals surface area contributed by atoms with Gasteiger partial charge in [0.05, 0.1) is 11.9 Å². The molecule has 4 rings (SSSR count). The summed E-state index contributed by atoms with van der Waals surface area (Å²) in [4.78, 5) is 28.2. The first-order valence-electron chi connectivity index (χ1n) is 9.03. The van der Waals surface area contributed by atoms with Crippen LogP contribution in [-0.2, 0) is 0 Å². The number of rotatable bonds is 5. The largest absolute Gasteiger partial charge is 0.405 e. The van der Waals surface area contributed by atoms with E-state index in [9.17, 15) is 22.8 Å². The minimum Gasteiger partial charge on any atom is -0.329 e. The Labute approximate surface area is 163 Å². The quantitative estimate of drug-likeness (QED) is 0.626. The van der Waals surface area contributed by atoms with Crippen molar-refractivity contribution >= 4 is 23.1 Å². The van der Waals surface area contributed by atoms with Gasteiger partial charge in [0.1, 0.15) is 12.2 Å². The Bertz CT molecular complexity index is 1090. The Balaban J connectivity index is 1.54. The van der Waals surface area contributed by atoms with Gasteiger partial charge in [-0.1, -0.05) is 12.1 Å². The van der Waals surface area contributed by atoms with Gasteiger partial charge in [-0.3, -0.25) is 9.20 Å². The molecule has 2 aromatic heterocycles. The average Bonchev–Trinajstić information content (AvgIpc) is 3.44. The van der Waals surface area contributed by atoms with Crippen molar-refractivity contribution in [3.05, 3.63) is 54.4 Å². The second kappa shape index (κ2) is 7.23. The number of anilines is 1. The van der Waals surface area contributed by atoms with E-state index >= 15 is 0 Å². The number of Topliss-reactive ketones (excluding diaryl/α,β-unsaturated/α-hetero) is 1. The number of urea groups is 1. The number of aromatic nitrogens is 2. The lowest BCUT2D eigenvalue weighted by Gasteiger charge is -2.11. The maximum Gasteiger partial charge on any atom is 0.405 e. The van der Waals surface area contributed by atoms with Crippen LogP contribution in [0, 0.1) is 5.92 Å². The van der Waals surface area contributed by atoms with Crippen molar-refractivity contribution in [2.45, 2.75) is 19.0 Å². The number of nitrogens with one attached hydrogen (secondary N) is 2. The fourth-order valence-corrected chi connectivity index (χ4v) is 3.04. The monoisotopic (exact) mass is 402 g/mol. The molecule has 0 radical (unpaired) electrons. The first kappa shape index (κ1) is 19.0. The molecule has 29 heavy (non-hydrogen) atoms. The van der Waals surface area contributed by atoms with E-state index < -0.39 is 18.8 Å². The van der Waals surface area contributed by atoms with Crippen molar-refractivity contribution in [1.29, 1.82) is 0 Å². The van der Waals surface area contributed by atoms with E-state index in [0.717, 1.165) is 18.5 Å². The van der Waals surface area contributed by atoms with Crippen LogP contribution in [0.4, 0.5) is 23.7 Å². The predicted molar refractivity (Wildman–Crippen MR) is 101 cm³/mol. The van der Waals surface area contributed by atoms with E-state index in [1.165, 1.54) is 0 Å². The highest BCUT2D eigenvalue weighted by atomic mass is 19.4. The molecule has 1 saturated carbocycles. The molecule has 2 N–H and O–H groups in total. The van der Waals surface area contributed by atoms with Crippen LogP contribution in [0.15, 0.2) is 48.8 Å². The summed E-state index contributed by atoms with van der Waals surface area (Å²) in [6, 6.07) is 9.25. The van der Waals surface area contributed by atoms with Gasteiger partial charge in [0.25, 0.3) is 0 Å². The average molecular weight is 402 g/mol. The Kier molecular flexibility index (Phi) is 4.73. The van der Waals surface area contributed by atoms with Gasteiger partial charge in [0, 0.05) is 28.9 Å². The number of pyridine rings is 1. The van der Waals surface area contributed by atoms with Gasteiger partial charge >= 0.3 is 12.2 Å². The highest BCUT2D eigenvalue weighted by Crippen LogP contribution is 2.33. The molecule has 2 heterocycles. The molecule has 9 heteroatoms. The number of hydrogen-bond acceptors (Lipinski definition) is 3. The zero-order valence-electron chi connectivity index (χ0n) is 15.2. The smallest absolute Gasteiger partial charge is 0.329 e. The molecule has 0 aliphatic heterocycles. The number of alkyl halides is 3. The first-order valence-corrected chi connectivity index (χ1v) is 9.03. The summed E-state index contributed by atoms with van der Waals surface area (Å²) < 4.78 is 38.4. The molecule has 2 amide bonds. The molecule has 1 fully saturated rings. The summed E-state index contributed by atoms with van der Waals surface area (Å²) in [6.07, 6.45) is 0.794. The predicted octanol–water partition coefficient (Wildman–Crippen LogP) is 4.28. The number of amides is 2. The number of halogens is 3. The third kappa shape index (κ3) is 4.39. The zero-order valence-corrected chi connectivity index (χ0v) is 15.2. The van der Waals surface area contributed by atoms with Gasteiger partial charge in [0.2, 0.25) is 0 Å². The van der Waals surface area contributed by atoms with E-state index in [0.29, 0.717) is 22.5 Å². The minimum absolute atomic E-state index is 0.123. The highest BCUT2D eigenvalue weighted by molar-refractivity contribution is 6.00. The number of imidazole rings is 1. The van der Waals surface area contributed by atoms with E-state index in [2.05, 4.69) is 10.3 Å². The molecule has 6 nitrogen and oxygen atoms in total. The molecule has 0 unspecified atom stereocenters.